The van der Waals surface area contributed by atoms with E-state index in [1.165, 1.54) is 26.0 Å². The summed E-state index contributed by atoms with van der Waals surface area (Å²) in [5, 5.41) is 3.47. The summed E-state index contributed by atoms with van der Waals surface area (Å²) >= 11 is 1.79. The van der Waals surface area contributed by atoms with Crippen LogP contribution >= 0.6 is 11.3 Å². The summed E-state index contributed by atoms with van der Waals surface area (Å²) in [7, 11) is 0. The molecule has 3 aromatic carbocycles. The van der Waals surface area contributed by atoms with Crippen molar-refractivity contribution in [3.63, 3.8) is 0 Å². The van der Waals surface area contributed by atoms with Crippen LogP contribution < -0.4 is 0 Å². The molecule has 0 amide bonds. The molecule has 3 aromatic heterocycles. The van der Waals surface area contributed by atoms with Gasteiger partial charge < -0.3 is 4.57 Å². The second kappa shape index (κ2) is 6.89. The lowest BCUT2D eigenvalue weighted by atomic mass is 10.0. The zero-order valence-corrected chi connectivity index (χ0v) is 17.9. The van der Waals surface area contributed by atoms with E-state index in [1.54, 1.807) is 23.7 Å². The summed E-state index contributed by atoms with van der Waals surface area (Å²) in [5.74, 6) is 0. The lowest BCUT2D eigenvalue weighted by Gasteiger charge is -2.09. The quantitative estimate of drug-likeness (QED) is 0.296. The largest absolute Gasteiger partial charge is 0.308 e. The van der Waals surface area contributed by atoms with Crippen molar-refractivity contribution in [1.29, 1.82) is 0 Å². The minimum absolute atomic E-state index is 0.933. The van der Waals surface area contributed by atoms with Gasteiger partial charge in [-0.25, -0.2) is 0 Å². The molecule has 148 valence electrons. The molecule has 6 aromatic rings. The third-order valence-electron chi connectivity index (χ3n) is 5.77. The van der Waals surface area contributed by atoms with Gasteiger partial charge in [0.05, 0.1) is 26.8 Å². The number of benzene rings is 3. The Bertz CT molecular complexity index is 1650. The Balaban J connectivity index is 2.00. The van der Waals surface area contributed by atoms with E-state index < -0.39 is 0 Å². The fourth-order valence-corrected chi connectivity index (χ4v) is 5.90. The number of aromatic nitrogens is 3. The standard InChI is InChI=1S/C27H19N3S/c1-3-10-21-18(4-2)23-25-24(28-15-16-29-25)22-19-13-8-9-14-20(19)30(26(22)27(23)31-21)17-11-6-5-7-12-17/h3-16H,2H2,1H3/b10-3-. The number of para-hydroxylation sites is 2. The van der Waals surface area contributed by atoms with Crippen molar-refractivity contribution in [2.24, 2.45) is 0 Å². The van der Waals surface area contributed by atoms with E-state index in [0.29, 0.717) is 0 Å². The zero-order valence-electron chi connectivity index (χ0n) is 17.0. The van der Waals surface area contributed by atoms with Crippen LogP contribution in [0.15, 0.2) is 79.6 Å². The molecule has 0 unspecified atom stereocenters. The number of rotatable bonds is 3. The average Bonchev–Trinajstić information content (AvgIpc) is 3.36. The normalized spacial score (nSPS) is 12.0. The van der Waals surface area contributed by atoms with Crippen molar-refractivity contribution >= 4 is 66.4 Å². The van der Waals surface area contributed by atoms with Gasteiger partial charge in [-0.3, -0.25) is 9.97 Å². The van der Waals surface area contributed by atoms with Crippen LogP contribution in [-0.4, -0.2) is 14.5 Å². The molecule has 0 radical (unpaired) electrons. The Labute approximate surface area is 183 Å². The Morgan fingerprint density at radius 2 is 1.61 bits per heavy atom. The Morgan fingerprint density at radius 1 is 0.903 bits per heavy atom. The number of thiophene rings is 1. The van der Waals surface area contributed by atoms with Crippen molar-refractivity contribution in [2.75, 3.05) is 0 Å². The van der Waals surface area contributed by atoms with Crippen molar-refractivity contribution < 1.29 is 0 Å². The van der Waals surface area contributed by atoms with Crippen LogP contribution in [0, 0.1) is 0 Å². The van der Waals surface area contributed by atoms with Gasteiger partial charge in [0.1, 0.15) is 0 Å². The molecule has 0 aliphatic rings. The van der Waals surface area contributed by atoms with E-state index in [2.05, 4.69) is 77.9 Å². The van der Waals surface area contributed by atoms with Gasteiger partial charge in [-0.2, -0.15) is 0 Å². The van der Waals surface area contributed by atoms with E-state index in [0.717, 1.165) is 33.1 Å². The highest BCUT2D eigenvalue weighted by molar-refractivity contribution is 7.21. The summed E-state index contributed by atoms with van der Waals surface area (Å²) in [6.45, 7) is 6.17. The highest BCUT2D eigenvalue weighted by Gasteiger charge is 2.23. The molecule has 0 aliphatic carbocycles. The molecule has 6 rings (SSSR count). The van der Waals surface area contributed by atoms with E-state index in [-0.39, 0.29) is 0 Å². The van der Waals surface area contributed by atoms with Crippen molar-refractivity contribution in [3.05, 3.63) is 90.1 Å². The van der Waals surface area contributed by atoms with Gasteiger partial charge in [-0.05, 0) is 31.2 Å². The van der Waals surface area contributed by atoms with Gasteiger partial charge in [0.25, 0.3) is 0 Å². The first-order chi connectivity index (χ1) is 15.3. The molecule has 0 spiro atoms. The second-order valence-electron chi connectivity index (χ2n) is 7.45. The monoisotopic (exact) mass is 417 g/mol. The molecular weight excluding hydrogens is 398 g/mol. The molecule has 31 heavy (non-hydrogen) atoms. The molecular formula is C27H19N3S. The number of hydrogen-bond acceptors (Lipinski definition) is 3. The topological polar surface area (TPSA) is 30.7 Å². The highest BCUT2D eigenvalue weighted by atomic mass is 32.1. The van der Waals surface area contributed by atoms with Gasteiger partial charge in [-0.1, -0.05) is 55.1 Å². The fraction of sp³-hybridized carbons (Fsp3) is 0.0370. The maximum atomic E-state index is 4.82. The predicted molar refractivity (Wildman–Crippen MR) is 134 cm³/mol. The first kappa shape index (κ1) is 18.0. The molecule has 3 nitrogen and oxygen atoms in total. The number of nitrogens with zero attached hydrogens (tertiary/aromatic N) is 3. The predicted octanol–water partition coefficient (Wildman–Crippen LogP) is 7.62. The maximum absolute atomic E-state index is 4.82. The van der Waals surface area contributed by atoms with Crippen LogP contribution in [0.2, 0.25) is 0 Å². The minimum atomic E-state index is 0.933. The zero-order chi connectivity index (χ0) is 20.9. The molecule has 0 bridgehead atoms. The summed E-state index contributed by atoms with van der Waals surface area (Å²) in [5.41, 5.74) is 6.48. The van der Waals surface area contributed by atoms with Crippen molar-refractivity contribution in [3.8, 4) is 5.69 Å². The first-order valence-corrected chi connectivity index (χ1v) is 11.1. The van der Waals surface area contributed by atoms with Gasteiger partial charge in [-0.15, -0.1) is 11.3 Å². The lowest BCUT2D eigenvalue weighted by Crippen LogP contribution is -1.94. The molecule has 3 heterocycles. The van der Waals surface area contributed by atoms with E-state index in [1.807, 2.05) is 13.0 Å². The SMILES string of the molecule is C=Cc1c(/C=C\C)sc2c1c1nccnc1c1c3ccccc3n(-c3ccccc3)c21. The summed E-state index contributed by atoms with van der Waals surface area (Å²) in [4.78, 5) is 10.8. The Kier molecular flexibility index (Phi) is 4.01. The van der Waals surface area contributed by atoms with Crippen molar-refractivity contribution in [2.45, 2.75) is 6.92 Å². The summed E-state index contributed by atoms with van der Waals surface area (Å²) in [6.07, 6.45) is 9.75. The van der Waals surface area contributed by atoms with Crippen LogP contribution in [0.25, 0.3) is 60.8 Å². The minimum Gasteiger partial charge on any atom is -0.308 e. The maximum Gasteiger partial charge on any atom is 0.0994 e. The number of fused-ring (bicyclic) bond motifs is 8. The van der Waals surface area contributed by atoms with Crippen LogP contribution in [0.3, 0.4) is 0 Å². The third kappa shape index (κ3) is 2.46. The Hall–Kier alpha value is -3.76. The molecule has 0 atom stereocenters. The molecule has 0 saturated heterocycles. The summed E-state index contributed by atoms with van der Waals surface area (Å²) < 4.78 is 3.58. The van der Waals surface area contributed by atoms with E-state index in [4.69, 9.17) is 9.97 Å². The van der Waals surface area contributed by atoms with Crippen molar-refractivity contribution in [1.82, 2.24) is 14.5 Å². The third-order valence-corrected chi connectivity index (χ3v) is 6.95. The van der Waals surface area contributed by atoms with Gasteiger partial charge in [0.15, 0.2) is 0 Å². The number of allylic oxidation sites excluding steroid dienone is 1. The summed E-state index contributed by atoms with van der Waals surface area (Å²) in [6, 6.07) is 19.1. The Morgan fingerprint density at radius 3 is 2.35 bits per heavy atom. The highest BCUT2D eigenvalue weighted by Crippen LogP contribution is 2.46. The number of hydrogen-bond donors (Lipinski definition) is 0. The second-order valence-corrected chi connectivity index (χ2v) is 8.51. The molecule has 0 N–H and O–H groups in total. The van der Waals surface area contributed by atoms with Gasteiger partial charge in [0.2, 0.25) is 0 Å². The van der Waals surface area contributed by atoms with Crippen LogP contribution in [0.4, 0.5) is 0 Å². The van der Waals surface area contributed by atoms with Gasteiger partial charge >= 0.3 is 0 Å². The smallest absolute Gasteiger partial charge is 0.0994 e. The van der Waals surface area contributed by atoms with E-state index in [9.17, 15) is 0 Å². The fourth-order valence-electron chi connectivity index (χ4n) is 4.58. The van der Waals surface area contributed by atoms with E-state index >= 15 is 0 Å². The average molecular weight is 418 g/mol. The first-order valence-electron chi connectivity index (χ1n) is 10.3. The van der Waals surface area contributed by atoms with Gasteiger partial charge in [0, 0.05) is 44.7 Å². The van der Waals surface area contributed by atoms with Crippen LogP contribution in [0.5, 0.6) is 0 Å². The molecule has 4 heteroatoms. The molecule has 0 fully saturated rings. The molecule has 0 aliphatic heterocycles. The van der Waals surface area contributed by atoms with Crippen LogP contribution in [0.1, 0.15) is 17.4 Å². The molecule has 0 saturated carbocycles. The van der Waals surface area contributed by atoms with Crippen LogP contribution in [-0.2, 0) is 0 Å². The lowest BCUT2D eigenvalue weighted by molar-refractivity contribution is 1.19.